The van der Waals surface area contributed by atoms with Gasteiger partial charge in [0.05, 0.1) is 47.4 Å². The topological polar surface area (TPSA) is 125 Å². The van der Waals surface area contributed by atoms with Gasteiger partial charge in [0.1, 0.15) is 10.7 Å². The molecule has 1 N–H and O–H groups in total. The van der Waals surface area contributed by atoms with Gasteiger partial charge in [-0.15, -0.1) is 0 Å². The number of aromatic nitrogens is 4. The predicted octanol–water partition coefficient (Wildman–Crippen LogP) is 1.32. The molecule has 1 amide bonds. The van der Waals surface area contributed by atoms with Crippen LogP contribution in [-0.4, -0.2) is 77.9 Å². The monoisotopic (exact) mass is 433 g/mol. The van der Waals surface area contributed by atoms with Crippen LogP contribution in [0.2, 0.25) is 0 Å². The molecule has 160 valence electrons. The van der Waals surface area contributed by atoms with Gasteiger partial charge in [0.2, 0.25) is 23.6 Å². The number of methoxy groups -OCH3 is 2. The Labute approximate surface area is 178 Å². The van der Waals surface area contributed by atoms with E-state index in [1.807, 2.05) is 4.90 Å². The standard InChI is InChI=1S/C18H23N7O4S/c1-5-13(26)20-12-6-7-19-18(21-12)30-14-15(28-3)22-17(23-16(14)29-4)24-8-10-25(2,27)11-9-24/h5-7H,1,8-11H2,2-4H3,(H,19,20,21,26). The van der Waals surface area contributed by atoms with Gasteiger partial charge in [-0.25, -0.2) is 9.97 Å². The zero-order chi connectivity index (χ0) is 21.7. The summed E-state index contributed by atoms with van der Waals surface area (Å²) in [5, 5.41) is 15.0. The molecular weight excluding hydrogens is 410 g/mol. The number of nitrogens with one attached hydrogen (secondary N) is 1. The van der Waals surface area contributed by atoms with E-state index in [9.17, 15) is 10.0 Å². The molecule has 0 aromatic carbocycles. The zero-order valence-corrected chi connectivity index (χ0v) is 17.8. The van der Waals surface area contributed by atoms with Crippen LogP contribution in [0.3, 0.4) is 0 Å². The maximum Gasteiger partial charge on any atom is 0.248 e. The van der Waals surface area contributed by atoms with Gasteiger partial charge in [-0.3, -0.25) is 4.79 Å². The van der Waals surface area contributed by atoms with E-state index in [4.69, 9.17) is 9.47 Å². The first-order valence-electron chi connectivity index (χ1n) is 9.10. The highest BCUT2D eigenvalue weighted by molar-refractivity contribution is 7.99. The number of carbonyl (C=O) groups is 1. The minimum absolute atomic E-state index is 0.283. The molecule has 0 spiro atoms. The number of quaternary nitrogens is 1. The first-order chi connectivity index (χ1) is 14.3. The van der Waals surface area contributed by atoms with Gasteiger partial charge in [0.15, 0.2) is 5.16 Å². The van der Waals surface area contributed by atoms with Crippen LogP contribution < -0.4 is 19.7 Å². The van der Waals surface area contributed by atoms with Gasteiger partial charge < -0.3 is 29.5 Å². The lowest BCUT2D eigenvalue weighted by Crippen LogP contribution is -2.54. The lowest BCUT2D eigenvalue weighted by molar-refractivity contribution is -0.861. The van der Waals surface area contributed by atoms with Crippen LogP contribution in [0.5, 0.6) is 11.8 Å². The summed E-state index contributed by atoms with van der Waals surface area (Å²) >= 11 is 1.15. The molecule has 1 aliphatic heterocycles. The number of nitrogens with zero attached hydrogens (tertiary/aromatic N) is 6. The molecule has 1 saturated heterocycles. The number of hydrogen-bond acceptors (Lipinski definition) is 10. The second-order valence-corrected chi connectivity index (χ2v) is 7.60. The smallest absolute Gasteiger partial charge is 0.248 e. The van der Waals surface area contributed by atoms with Gasteiger partial charge in [-0.1, -0.05) is 6.58 Å². The van der Waals surface area contributed by atoms with Crippen molar-refractivity contribution in [3.63, 3.8) is 0 Å². The average molecular weight is 433 g/mol. The number of hydroxylamine groups is 3. The summed E-state index contributed by atoms with van der Waals surface area (Å²) in [6.45, 7) is 5.38. The Morgan fingerprint density at radius 3 is 2.47 bits per heavy atom. The Kier molecular flexibility index (Phi) is 6.70. The highest BCUT2D eigenvalue weighted by Gasteiger charge is 2.26. The molecular formula is C18H23N7O4S. The number of ether oxygens (including phenoxy) is 2. The number of carbonyl (C=O) groups excluding carboxylic acids is 1. The number of amides is 1. The summed E-state index contributed by atoms with van der Waals surface area (Å²) in [7, 11) is 4.66. The molecule has 2 aromatic rings. The molecule has 0 bridgehead atoms. The van der Waals surface area contributed by atoms with Crippen molar-refractivity contribution >= 4 is 29.4 Å². The largest absolute Gasteiger partial charge is 0.633 e. The molecule has 12 heteroatoms. The second-order valence-electron chi connectivity index (χ2n) is 6.62. The van der Waals surface area contributed by atoms with Gasteiger partial charge in [0, 0.05) is 6.20 Å². The van der Waals surface area contributed by atoms with Crippen LogP contribution in [0.1, 0.15) is 0 Å². The Hall–Kier alpha value is -2.96. The third-order valence-corrected chi connectivity index (χ3v) is 5.34. The van der Waals surface area contributed by atoms with Crippen LogP contribution in [0.25, 0.3) is 0 Å². The fourth-order valence-electron chi connectivity index (χ4n) is 2.72. The Balaban J connectivity index is 1.87. The molecule has 11 nitrogen and oxygen atoms in total. The van der Waals surface area contributed by atoms with Crippen molar-refractivity contribution in [2.45, 2.75) is 10.1 Å². The van der Waals surface area contributed by atoms with E-state index < -0.39 is 0 Å². The molecule has 30 heavy (non-hydrogen) atoms. The summed E-state index contributed by atoms with van der Waals surface area (Å²) in [5.41, 5.74) is 0. The van der Waals surface area contributed by atoms with Crippen LogP contribution in [0, 0.1) is 5.21 Å². The lowest BCUT2D eigenvalue weighted by atomic mass is 10.3. The SMILES string of the molecule is C=CC(=O)Nc1ccnc(Sc2c(OC)nc(N3CC[N+](C)([O-])CC3)nc2OC)n1. The first-order valence-corrected chi connectivity index (χ1v) is 9.91. The lowest BCUT2D eigenvalue weighted by Gasteiger charge is -2.45. The van der Waals surface area contributed by atoms with Gasteiger partial charge in [-0.2, -0.15) is 9.97 Å². The van der Waals surface area contributed by atoms with Crippen molar-refractivity contribution in [3.8, 4) is 11.8 Å². The molecule has 0 atom stereocenters. The van der Waals surface area contributed by atoms with Crippen LogP contribution >= 0.6 is 11.8 Å². The Bertz CT molecular complexity index is 905. The number of piperazine rings is 1. The Morgan fingerprint density at radius 1 is 1.27 bits per heavy atom. The van der Waals surface area contributed by atoms with Gasteiger partial charge >= 0.3 is 0 Å². The van der Waals surface area contributed by atoms with Crippen molar-refractivity contribution in [1.29, 1.82) is 0 Å². The highest BCUT2D eigenvalue weighted by atomic mass is 32.2. The fourth-order valence-corrected chi connectivity index (χ4v) is 3.59. The van der Waals surface area contributed by atoms with E-state index in [2.05, 4.69) is 31.8 Å². The normalized spacial score (nSPS) is 15.4. The van der Waals surface area contributed by atoms with Crippen molar-refractivity contribution in [1.82, 2.24) is 19.9 Å². The third kappa shape index (κ3) is 5.14. The van der Waals surface area contributed by atoms with Crippen LogP contribution in [0.4, 0.5) is 11.8 Å². The molecule has 1 fully saturated rings. The number of anilines is 2. The quantitative estimate of drug-likeness (QED) is 0.296. The van der Waals surface area contributed by atoms with E-state index in [0.717, 1.165) is 17.8 Å². The number of likely N-dealkylation sites (N-methyl/N-ethyl adjacent to an activating group) is 1. The van der Waals surface area contributed by atoms with E-state index >= 15 is 0 Å². The molecule has 1 aliphatic rings. The molecule has 2 aromatic heterocycles. The van der Waals surface area contributed by atoms with Crippen molar-refractivity contribution < 1.29 is 18.9 Å². The molecule has 3 rings (SSSR count). The van der Waals surface area contributed by atoms with Gasteiger partial charge in [0.25, 0.3) is 0 Å². The van der Waals surface area contributed by atoms with Crippen molar-refractivity contribution in [2.24, 2.45) is 0 Å². The van der Waals surface area contributed by atoms with Gasteiger partial charge in [-0.05, 0) is 23.9 Å². The van der Waals surface area contributed by atoms with E-state index in [1.165, 1.54) is 20.4 Å². The number of hydrogen-bond donors (Lipinski definition) is 1. The number of rotatable bonds is 7. The Morgan fingerprint density at radius 2 is 1.90 bits per heavy atom. The summed E-state index contributed by atoms with van der Waals surface area (Å²) in [6.07, 6.45) is 2.68. The fraction of sp³-hybridized carbons (Fsp3) is 0.389. The summed E-state index contributed by atoms with van der Waals surface area (Å²) in [6, 6.07) is 1.57. The third-order valence-electron chi connectivity index (χ3n) is 4.41. The first kappa shape index (κ1) is 21.7. The maximum atomic E-state index is 12.1. The van der Waals surface area contributed by atoms with Crippen LogP contribution in [-0.2, 0) is 4.79 Å². The van der Waals surface area contributed by atoms with E-state index in [0.29, 0.717) is 59.8 Å². The van der Waals surface area contributed by atoms with E-state index in [-0.39, 0.29) is 10.6 Å². The highest BCUT2D eigenvalue weighted by Crippen LogP contribution is 2.39. The zero-order valence-electron chi connectivity index (χ0n) is 17.0. The average Bonchev–Trinajstić information content (AvgIpc) is 2.74. The summed E-state index contributed by atoms with van der Waals surface area (Å²) in [4.78, 5) is 31.4. The second kappa shape index (κ2) is 9.24. The molecule has 0 aliphatic carbocycles. The van der Waals surface area contributed by atoms with E-state index in [1.54, 1.807) is 13.1 Å². The minimum atomic E-state index is -0.373. The van der Waals surface area contributed by atoms with Crippen molar-refractivity contribution in [2.75, 3.05) is 57.7 Å². The molecule has 3 heterocycles. The summed E-state index contributed by atoms with van der Waals surface area (Å²) in [5.74, 6) is 0.995. The summed E-state index contributed by atoms with van der Waals surface area (Å²) < 4.78 is 10.6. The van der Waals surface area contributed by atoms with Crippen LogP contribution in [0.15, 0.2) is 35.0 Å². The minimum Gasteiger partial charge on any atom is -0.633 e. The maximum absolute atomic E-state index is 12.1. The molecule has 0 unspecified atom stereocenters. The molecule has 0 radical (unpaired) electrons. The predicted molar refractivity (Wildman–Crippen MR) is 112 cm³/mol. The molecule has 0 saturated carbocycles. The van der Waals surface area contributed by atoms with Crippen molar-refractivity contribution in [3.05, 3.63) is 30.1 Å².